The Balaban J connectivity index is 2.63. The van der Waals surface area contributed by atoms with E-state index in [0.717, 1.165) is 0 Å². The van der Waals surface area contributed by atoms with E-state index in [1.165, 1.54) is 5.57 Å². The number of likely N-dealkylation sites (N-methyl/N-ethyl adjacent to an activating group) is 1. The first kappa shape index (κ1) is 6.56. The molecule has 0 aliphatic heterocycles. The molecule has 0 saturated carbocycles. The van der Waals surface area contributed by atoms with Crippen molar-refractivity contribution in [2.24, 2.45) is 0 Å². The molecule has 0 saturated heterocycles. The van der Waals surface area contributed by atoms with Gasteiger partial charge in [0.15, 0.2) is 0 Å². The smallest absolute Gasteiger partial charge is 0.0489 e. The van der Waals surface area contributed by atoms with E-state index in [1.807, 2.05) is 0 Å². The highest BCUT2D eigenvalue weighted by molar-refractivity contribution is 5.29. The summed E-state index contributed by atoms with van der Waals surface area (Å²) in [6.45, 7) is 2.16. The molecule has 50 valence electrons. The molecule has 0 heterocycles. The van der Waals surface area contributed by atoms with E-state index in [-0.39, 0.29) is 0 Å². The number of hydrogen-bond donors (Lipinski definition) is 0. The molecule has 0 spiro atoms. The van der Waals surface area contributed by atoms with Crippen LogP contribution in [0.3, 0.4) is 0 Å². The molecule has 1 atom stereocenters. The number of nitrogens with zero attached hydrogens (tertiary/aromatic N) is 1. The zero-order chi connectivity index (χ0) is 6.85. The van der Waals surface area contributed by atoms with Crippen LogP contribution in [0.4, 0.5) is 0 Å². The average molecular weight is 123 g/mol. The number of hydrogen-bond acceptors (Lipinski definition) is 1. The van der Waals surface area contributed by atoms with E-state index in [1.54, 1.807) is 0 Å². The van der Waals surface area contributed by atoms with Crippen molar-refractivity contribution in [1.82, 2.24) is 4.90 Å². The summed E-state index contributed by atoms with van der Waals surface area (Å²) in [6, 6.07) is 0.546. The van der Waals surface area contributed by atoms with Crippen molar-refractivity contribution in [2.45, 2.75) is 13.0 Å². The Kier molecular flexibility index (Phi) is 1.72. The van der Waals surface area contributed by atoms with Crippen LogP contribution in [-0.2, 0) is 0 Å². The lowest BCUT2D eigenvalue weighted by atomic mass is 10.2. The highest BCUT2D eigenvalue weighted by Gasteiger charge is 2.11. The Morgan fingerprint density at radius 1 is 1.44 bits per heavy atom. The topological polar surface area (TPSA) is 3.24 Å². The molecule has 0 N–H and O–H groups in total. The molecule has 0 amide bonds. The van der Waals surface area contributed by atoms with Crippen molar-refractivity contribution >= 4 is 0 Å². The fourth-order valence-electron chi connectivity index (χ4n) is 1.14. The van der Waals surface area contributed by atoms with Gasteiger partial charge in [-0.3, -0.25) is 4.90 Å². The second-order valence-corrected chi connectivity index (χ2v) is 2.70. The molecule has 0 radical (unpaired) electrons. The van der Waals surface area contributed by atoms with E-state index in [0.29, 0.717) is 6.04 Å². The summed E-state index contributed by atoms with van der Waals surface area (Å²) in [7, 11) is 4.19. The summed E-state index contributed by atoms with van der Waals surface area (Å²) in [5, 5.41) is 0. The second kappa shape index (κ2) is 2.36. The van der Waals surface area contributed by atoms with Gasteiger partial charge in [0, 0.05) is 6.04 Å². The van der Waals surface area contributed by atoms with Gasteiger partial charge in [-0.25, -0.2) is 0 Å². The Bertz CT molecular complexity index is 154. The van der Waals surface area contributed by atoms with Crippen molar-refractivity contribution in [1.29, 1.82) is 0 Å². The Morgan fingerprint density at radius 3 is 2.33 bits per heavy atom. The lowest BCUT2D eigenvalue weighted by Gasteiger charge is -2.18. The summed E-state index contributed by atoms with van der Waals surface area (Å²) >= 11 is 0. The molecule has 1 heteroatoms. The zero-order valence-electron chi connectivity index (χ0n) is 6.26. The van der Waals surface area contributed by atoms with Crippen LogP contribution in [-0.4, -0.2) is 25.0 Å². The fraction of sp³-hybridized carbons (Fsp3) is 0.500. The van der Waals surface area contributed by atoms with Gasteiger partial charge in [0.2, 0.25) is 0 Å². The molecular weight excluding hydrogens is 110 g/mol. The Labute approximate surface area is 56.7 Å². The molecule has 1 unspecified atom stereocenters. The average Bonchev–Trinajstić information content (AvgIpc) is 2.13. The van der Waals surface area contributed by atoms with Gasteiger partial charge in [0.1, 0.15) is 0 Å². The van der Waals surface area contributed by atoms with E-state index in [2.05, 4.69) is 44.1 Å². The molecule has 0 aromatic carbocycles. The maximum Gasteiger partial charge on any atom is 0.0489 e. The quantitative estimate of drug-likeness (QED) is 0.510. The second-order valence-electron chi connectivity index (χ2n) is 2.70. The van der Waals surface area contributed by atoms with Crippen molar-refractivity contribution in [3.05, 3.63) is 23.8 Å². The molecular formula is C8H13N. The molecule has 0 bridgehead atoms. The summed E-state index contributed by atoms with van der Waals surface area (Å²) in [4.78, 5) is 2.20. The predicted molar refractivity (Wildman–Crippen MR) is 40.4 cm³/mol. The third-order valence-corrected chi connectivity index (χ3v) is 1.68. The third-order valence-electron chi connectivity index (χ3n) is 1.68. The minimum Gasteiger partial charge on any atom is -0.299 e. The van der Waals surface area contributed by atoms with Crippen LogP contribution in [0.25, 0.3) is 0 Å². The van der Waals surface area contributed by atoms with Gasteiger partial charge < -0.3 is 0 Å². The van der Waals surface area contributed by atoms with Crippen molar-refractivity contribution < 1.29 is 0 Å². The first-order valence-electron chi connectivity index (χ1n) is 3.23. The maximum absolute atomic E-state index is 2.20. The molecule has 1 aliphatic rings. The van der Waals surface area contributed by atoms with Gasteiger partial charge in [0.25, 0.3) is 0 Å². The zero-order valence-corrected chi connectivity index (χ0v) is 6.26. The molecule has 1 aliphatic carbocycles. The Morgan fingerprint density at radius 2 is 2.11 bits per heavy atom. The van der Waals surface area contributed by atoms with Gasteiger partial charge in [-0.1, -0.05) is 23.8 Å². The van der Waals surface area contributed by atoms with Crippen LogP contribution in [0.2, 0.25) is 0 Å². The predicted octanol–water partition coefficient (Wildman–Crippen LogP) is 1.43. The van der Waals surface area contributed by atoms with Crippen LogP contribution in [0, 0.1) is 0 Å². The van der Waals surface area contributed by atoms with Gasteiger partial charge in [-0.05, 0) is 21.0 Å². The molecule has 0 fully saturated rings. The van der Waals surface area contributed by atoms with E-state index >= 15 is 0 Å². The van der Waals surface area contributed by atoms with Gasteiger partial charge in [0.05, 0.1) is 0 Å². The molecule has 0 aromatic rings. The van der Waals surface area contributed by atoms with Gasteiger partial charge >= 0.3 is 0 Å². The minimum absolute atomic E-state index is 0.546. The van der Waals surface area contributed by atoms with Crippen molar-refractivity contribution in [2.75, 3.05) is 14.1 Å². The monoisotopic (exact) mass is 123 g/mol. The highest BCUT2D eigenvalue weighted by Crippen LogP contribution is 2.14. The molecule has 9 heavy (non-hydrogen) atoms. The van der Waals surface area contributed by atoms with E-state index in [4.69, 9.17) is 0 Å². The third kappa shape index (κ3) is 1.22. The van der Waals surface area contributed by atoms with Crippen LogP contribution < -0.4 is 0 Å². The molecule has 1 rings (SSSR count). The molecule has 1 nitrogen and oxygen atoms in total. The first-order chi connectivity index (χ1) is 4.22. The van der Waals surface area contributed by atoms with Crippen molar-refractivity contribution in [3.8, 4) is 0 Å². The largest absolute Gasteiger partial charge is 0.299 e. The summed E-state index contributed by atoms with van der Waals surface area (Å²) in [5.41, 5.74) is 1.43. The van der Waals surface area contributed by atoms with Gasteiger partial charge in [-0.15, -0.1) is 0 Å². The molecule has 0 aromatic heterocycles. The SMILES string of the molecule is CC1=CC=CC1N(C)C. The lowest BCUT2D eigenvalue weighted by molar-refractivity contribution is 0.381. The summed E-state index contributed by atoms with van der Waals surface area (Å²) < 4.78 is 0. The van der Waals surface area contributed by atoms with Crippen LogP contribution in [0.1, 0.15) is 6.92 Å². The van der Waals surface area contributed by atoms with Crippen LogP contribution in [0.5, 0.6) is 0 Å². The first-order valence-corrected chi connectivity index (χ1v) is 3.23. The lowest BCUT2D eigenvalue weighted by Crippen LogP contribution is -2.25. The van der Waals surface area contributed by atoms with Crippen LogP contribution in [0.15, 0.2) is 23.8 Å². The maximum atomic E-state index is 2.20. The van der Waals surface area contributed by atoms with Crippen LogP contribution >= 0.6 is 0 Å². The minimum atomic E-state index is 0.546. The fourth-order valence-corrected chi connectivity index (χ4v) is 1.14. The van der Waals surface area contributed by atoms with E-state index in [9.17, 15) is 0 Å². The normalized spacial score (nSPS) is 25.3. The Hall–Kier alpha value is -0.560. The standard InChI is InChI=1S/C8H13N/c1-7-5-4-6-8(7)9(2)3/h4-6,8H,1-3H3. The number of rotatable bonds is 1. The summed E-state index contributed by atoms with van der Waals surface area (Å²) in [6.07, 6.45) is 6.47. The highest BCUT2D eigenvalue weighted by atomic mass is 15.1. The van der Waals surface area contributed by atoms with Crippen molar-refractivity contribution in [3.63, 3.8) is 0 Å². The summed E-state index contributed by atoms with van der Waals surface area (Å²) in [5.74, 6) is 0. The van der Waals surface area contributed by atoms with E-state index < -0.39 is 0 Å². The number of allylic oxidation sites excluding steroid dienone is 2. The van der Waals surface area contributed by atoms with Gasteiger partial charge in [-0.2, -0.15) is 0 Å².